The molecule has 0 unspecified atom stereocenters. The third kappa shape index (κ3) is 3.68. The van der Waals surface area contributed by atoms with Crippen LogP contribution >= 0.6 is 11.3 Å². The summed E-state index contributed by atoms with van der Waals surface area (Å²) in [7, 11) is 1.65. The summed E-state index contributed by atoms with van der Waals surface area (Å²) in [6.45, 7) is 6.24. The number of benzene rings is 2. The van der Waals surface area contributed by atoms with Gasteiger partial charge in [0, 0.05) is 15.8 Å². The normalized spacial score (nSPS) is 11.4. The van der Waals surface area contributed by atoms with E-state index in [9.17, 15) is 4.79 Å². The molecule has 3 heterocycles. The van der Waals surface area contributed by atoms with Crippen molar-refractivity contribution in [3.05, 3.63) is 64.4 Å². The van der Waals surface area contributed by atoms with Gasteiger partial charge in [-0.25, -0.2) is 9.67 Å². The molecule has 0 aliphatic rings. The smallest absolute Gasteiger partial charge is 0.254 e. The Morgan fingerprint density at radius 3 is 2.76 bits per heavy atom. The second-order valence-electron chi connectivity index (χ2n) is 7.94. The van der Waals surface area contributed by atoms with Gasteiger partial charge >= 0.3 is 0 Å². The number of H-pyrrole nitrogens is 1. The molecule has 5 rings (SSSR count). The zero-order chi connectivity index (χ0) is 23.1. The Kier molecular flexibility index (Phi) is 5.21. The molecule has 3 aromatic heterocycles. The standard InChI is InChI=1S/C23H21N7O2S/c1-12(2)21-18(14-6-5-7-15(11-14)32-4)24-23(33-21)30-17-9-8-13(3)10-16(17)19(27-30)20(31)22-25-28-29-26-22/h5-12H,1-4H3,(H,25,26,28,29). The Morgan fingerprint density at radius 2 is 2.03 bits per heavy atom. The number of fused-ring (bicyclic) bond motifs is 1. The number of carbonyl (C=O) groups is 1. The van der Waals surface area contributed by atoms with Crippen LogP contribution in [0.15, 0.2) is 42.5 Å². The lowest BCUT2D eigenvalue weighted by molar-refractivity contribution is 0.102. The van der Waals surface area contributed by atoms with Gasteiger partial charge in [-0.05, 0) is 42.3 Å². The van der Waals surface area contributed by atoms with Crippen molar-refractivity contribution < 1.29 is 9.53 Å². The van der Waals surface area contributed by atoms with Crippen molar-refractivity contribution >= 4 is 28.0 Å². The van der Waals surface area contributed by atoms with E-state index >= 15 is 0 Å². The van der Waals surface area contributed by atoms with E-state index in [1.165, 1.54) is 0 Å². The van der Waals surface area contributed by atoms with Crippen LogP contribution in [0, 0.1) is 6.92 Å². The molecule has 0 amide bonds. The second-order valence-corrected chi connectivity index (χ2v) is 8.95. The van der Waals surface area contributed by atoms with Crippen molar-refractivity contribution in [1.29, 1.82) is 0 Å². The van der Waals surface area contributed by atoms with Crippen LogP contribution in [0.3, 0.4) is 0 Å². The van der Waals surface area contributed by atoms with Crippen LogP contribution in [-0.2, 0) is 0 Å². The van der Waals surface area contributed by atoms with E-state index in [4.69, 9.17) is 9.72 Å². The number of nitrogens with zero attached hydrogens (tertiary/aromatic N) is 6. The number of carbonyl (C=O) groups excluding carboxylic acids is 1. The first-order valence-electron chi connectivity index (χ1n) is 10.4. The van der Waals surface area contributed by atoms with Crippen LogP contribution in [0.25, 0.3) is 27.3 Å². The van der Waals surface area contributed by atoms with E-state index in [0.29, 0.717) is 10.5 Å². The Labute approximate surface area is 193 Å². The van der Waals surface area contributed by atoms with Crippen LogP contribution in [0.2, 0.25) is 0 Å². The lowest BCUT2D eigenvalue weighted by Gasteiger charge is -2.06. The molecule has 0 fully saturated rings. The topological polar surface area (TPSA) is 111 Å². The van der Waals surface area contributed by atoms with Crippen molar-refractivity contribution in [3.63, 3.8) is 0 Å². The van der Waals surface area contributed by atoms with E-state index in [0.717, 1.165) is 33.0 Å². The molecule has 0 radical (unpaired) electrons. The van der Waals surface area contributed by atoms with Gasteiger partial charge in [-0.15, -0.1) is 10.2 Å². The summed E-state index contributed by atoms with van der Waals surface area (Å²) in [5.74, 6) is 0.598. The van der Waals surface area contributed by atoms with Crippen molar-refractivity contribution in [3.8, 4) is 22.1 Å². The number of hydrogen-bond donors (Lipinski definition) is 1. The number of hydrogen-bond acceptors (Lipinski definition) is 8. The maximum Gasteiger partial charge on any atom is 0.254 e. The van der Waals surface area contributed by atoms with Crippen LogP contribution in [0.4, 0.5) is 0 Å². The monoisotopic (exact) mass is 459 g/mol. The number of ketones is 1. The van der Waals surface area contributed by atoms with Gasteiger partial charge in [0.1, 0.15) is 11.4 Å². The van der Waals surface area contributed by atoms with E-state index in [1.54, 1.807) is 23.1 Å². The largest absolute Gasteiger partial charge is 0.497 e. The summed E-state index contributed by atoms with van der Waals surface area (Å²) in [6, 6.07) is 13.7. The first-order chi connectivity index (χ1) is 16.0. The van der Waals surface area contributed by atoms with E-state index in [1.807, 2.05) is 49.4 Å². The zero-order valence-corrected chi connectivity index (χ0v) is 19.3. The van der Waals surface area contributed by atoms with Gasteiger partial charge in [-0.3, -0.25) is 4.79 Å². The quantitative estimate of drug-likeness (QED) is 0.376. The zero-order valence-electron chi connectivity index (χ0n) is 18.5. The highest BCUT2D eigenvalue weighted by Crippen LogP contribution is 2.37. The number of thiazole rings is 1. The highest BCUT2D eigenvalue weighted by molar-refractivity contribution is 7.14. The molecule has 0 spiro atoms. The van der Waals surface area contributed by atoms with E-state index < -0.39 is 5.78 Å². The number of methoxy groups -OCH3 is 1. The third-order valence-corrected chi connectivity index (χ3v) is 6.62. The van der Waals surface area contributed by atoms with Gasteiger partial charge in [-0.1, -0.05) is 48.9 Å². The van der Waals surface area contributed by atoms with Crippen molar-refractivity contribution in [2.45, 2.75) is 26.7 Å². The summed E-state index contributed by atoms with van der Waals surface area (Å²) in [6.07, 6.45) is 0. The predicted octanol–water partition coefficient (Wildman–Crippen LogP) is 4.33. The molecule has 2 aromatic carbocycles. The summed E-state index contributed by atoms with van der Waals surface area (Å²) in [5.41, 5.74) is 3.91. The number of ether oxygens (including phenoxy) is 1. The van der Waals surface area contributed by atoms with Crippen molar-refractivity contribution in [1.82, 2.24) is 35.4 Å². The lowest BCUT2D eigenvalue weighted by Crippen LogP contribution is -2.06. The average Bonchev–Trinajstić information content (AvgIpc) is 3.56. The number of rotatable bonds is 6. The second kappa shape index (κ2) is 8.21. The van der Waals surface area contributed by atoms with Crippen molar-refractivity contribution in [2.75, 3.05) is 7.11 Å². The van der Waals surface area contributed by atoms with Crippen LogP contribution in [0.5, 0.6) is 5.75 Å². The fourth-order valence-corrected chi connectivity index (χ4v) is 4.74. The maximum absolute atomic E-state index is 13.1. The van der Waals surface area contributed by atoms with Gasteiger partial charge in [-0.2, -0.15) is 10.3 Å². The SMILES string of the molecule is COc1cccc(-c2nc(-n3nc(C(=O)c4nn[nH]n4)c4cc(C)ccc43)sc2C(C)C)c1. The number of aryl methyl sites for hydroxylation is 1. The molecule has 5 aromatic rings. The van der Waals surface area contributed by atoms with Crippen LogP contribution in [0.1, 0.15) is 46.5 Å². The first-order valence-corrected chi connectivity index (χ1v) is 11.2. The number of aromatic nitrogens is 7. The Morgan fingerprint density at radius 1 is 1.18 bits per heavy atom. The minimum absolute atomic E-state index is 0.0258. The molecule has 0 saturated carbocycles. The summed E-state index contributed by atoms with van der Waals surface area (Å²) in [5, 5.41) is 19.5. The highest BCUT2D eigenvalue weighted by Gasteiger charge is 2.25. The summed E-state index contributed by atoms with van der Waals surface area (Å²) < 4.78 is 7.13. The highest BCUT2D eigenvalue weighted by atomic mass is 32.1. The van der Waals surface area contributed by atoms with Gasteiger partial charge in [0.2, 0.25) is 11.0 Å². The first kappa shape index (κ1) is 21.0. The van der Waals surface area contributed by atoms with E-state index in [2.05, 4.69) is 39.6 Å². The van der Waals surface area contributed by atoms with Crippen LogP contribution < -0.4 is 4.74 Å². The molecule has 0 saturated heterocycles. The molecule has 0 aliphatic heterocycles. The molecule has 166 valence electrons. The fraction of sp³-hybridized carbons (Fsp3) is 0.217. The molecule has 0 bridgehead atoms. The average molecular weight is 460 g/mol. The van der Waals surface area contributed by atoms with Gasteiger partial charge in [0.15, 0.2) is 0 Å². The lowest BCUT2D eigenvalue weighted by atomic mass is 10.1. The Bertz CT molecular complexity index is 1470. The van der Waals surface area contributed by atoms with Gasteiger partial charge in [0.05, 0.1) is 18.3 Å². The third-order valence-electron chi connectivity index (χ3n) is 5.29. The fourth-order valence-electron chi connectivity index (χ4n) is 3.69. The van der Waals surface area contributed by atoms with Gasteiger partial charge in [0.25, 0.3) is 5.78 Å². The minimum atomic E-state index is -0.397. The maximum atomic E-state index is 13.1. The molecule has 0 aliphatic carbocycles. The summed E-state index contributed by atoms with van der Waals surface area (Å²) in [4.78, 5) is 19.1. The Balaban J connectivity index is 1.70. The van der Waals surface area contributed by atoms with Gasteiger partial charge < -0.3 is 4.74 Å². The Hall–Kier alpha value is -3.92. The number of aromatic amines is 1. The van der Waals surface area contributed by atoms with Crippen molar-refractivity contribution in [2.24, 2.45) is 0 Å². The molecule has 33 heavy (non-hydrogen) atoms. The van der Waals surface area contributed by atoms with E-state index in [-0.39, 0.29) is 17.4 Å². The molecule has 9 nitrogen and oxygen atoms in total. The van der Waals surface area contributed by atoms with Crippen LogP contribution in [-0.4, -0.2) is 48.3 Å². The predicted molar refractivity (Wildman–Crippen MR) is 125 cm³/mol. The number of tetrazole rings is 1. The molecule has 1 N–H and O–H groups in total. The molecule has 10 heteroatoms. The molecular weight excluding hydrogens is 438 g/mol. The molecule has 0 atom stereocenters. The summed E-state index contributed by atoms with van der Waals surface area (Å²) >= 11 is 1.56. The number of nitrogens with one attached hydrogen (secondary N) is 1. The minimum Gasteiger partial charge on any atom is -0.497 e. The molecular formula is C23H21N7O2S.